The van der Waals surface area contributed by atoms with Gasteiger partial charge in [-0.15, -0.1) is 13.2 Å². The zero-order chi connectivity index (χ0) is 19.9. The first kappa shape index (κ1) is 20.5. The quantitative estimate of drug-likeness (QED) is 0.750. The Morgan fingerprint density at radius 2 is 1.93 bits per heavy atom. The molecule has 0 unspecified atom stereocenters. The fraction of sp³-hybridized carbons (Fsp3) is 0.368. The molecule has 1 heterocycles. The Balaban J connectivity index is 1.83. The summed E-state index contributed by atoms with van der Waals surface area (Å²) in [5.74, 6) is 0.0613. The highest BCUT2D eigenvalue weighted by Gasteiger charge is 2.31. The van der Waals surface area contributed by atoms with Crippen molar-refractivity contribution >= 4 is 5.91 Å². The molecule has 2 rings (SSSR count). The van der Waals surface area contributed by atoms with Crippen LogP contribution in [0.25, 0.3) is 0 Å². The molecule has 0 radical (unpaired) electrons. The average Bonchev–Trinajstić information content (AvgIpc) is 2.59. The van der Waals surface area contributed by atoms with E-state index in [1.807, 2.05) is 13.8 Å². The number of nitrogens with zero attached hydrogens (tertiary/aromatic N) is 1. The van der Waals surface area contributed by atoms with E-state index in [1.54, 1.807) is 24.4 Å². The first-order valence-corrected chi connectivity index (χ1v) is 8.44. The molecule has 0 aliphatic rings. The molecule has 1 N–H and O–H groups in total. The second-order valence-electron chi connectivity index (χ2n) is 6.28. The number of carbonyl (C=O) groups excluding carboxylic acids is 1. The van der Waals surface area contributed by atoms with E-state index in [4.69, 9.17) is 4.74 Å². The van der Waals surface area contributed by atoms with Gasteiger partial charge in [0, 0.05) is 25.2 Å². The minimum Gasteiger partial charge on any atom is -0.493 e. The van der Waals surface area contributed by atoms with Crippen molar-refractivity contribution in [3.8, 4) is 11.5 Å². The van der Waals surface area contributed by atoms with Gasteiger partial charge in [-0.2, -0.15) is 0 Å². The lowest BCUT2D eigenvalue weighted by molar-refractivity contribution is -0.274. The number of ether oxygens (including phenoxy) is 2. The molecule has 0 spiro atoms. The van der Waals surface area contributed by atoms with E-state index in [0.717, 1.165) is 5.56 Å². The van der Waals surface area contributed by atoms with Gasteiger partial charge < -0.3 is 14.8 Å². The fourth-order valence-electron chi connectivity index (χ4n) is 2.14. The number of pyridine rings is 1. The van der Waals surface area contributed by atoms with E-state index in [1.165, 1.54) is 18.2 Å². The van der Waals surface area contributed by atoms with Crippen LogP contribution in [0.1, 0.15) is 29.9 Å². The summed E-state index contributed by atoms with van der Waals surface area (Å²) in [7, 11) is 0. The minimum absolute atomic E-state index is 0.229. The molecule has 1 aromatic carbocycles. The highest BCUT2D eigenvalue weighted by atomic mass is 19.4. The van der Waals surface area contributed by atoms with E-state index in [2.05, 4.69) is 15.0 Å². The van der Waals surface area contributed by atoms with Crippen LogP contribution in [0.5, 0.6) is 11.5 Å². The van der Waals surface area contributed by atoms with Crippen LogP contribution in [-0.4, -0.2) is 30.4 Å². The number of rotatable bonds is 8. The standard InChI is InChI=1S/C19H21F3N2O3/c1-13(2)11-24-18(25)17-7-6-14(12-23-17)8-9-26-15-4-3-5-16(10-15)27-19(20,21)22/h3-7,10,12-13H,8-9,11H2,1-2H3,(H,24,25). The summed E-state index contributed by atoms with van der Waals surface area (Å²) in [5.41, 5.74) is 1.18. The molecule has 0 saturated carbocycles. The van der Waals surface area contributed by atoms with Gasteiger partial charge in [0.1, 0.15) is 17.2 Å². The Labute approximate surface area is 155 Å². The maximum atomic E-state index is 12.2. The number of nitrogens with one attached hydrogen (secondary N) is 1. The molecular formula is C19H21F3N2O3. The lowest BCUT2D eigenvalue weighted by atomic mass is 10.2. The molecule has 0 fully saturated rings. The van der Waals surface area contributed by atoms with E-state index in [-0.39, 0.29) is 24.0 Å². The average molecular weight is 382 g/mol. The highest BCUT2D eigenvalue weighted by molar-refractivity contribution is 5.92. The normalized spacial score (nSPS) is 11.3. The van der Waals surface area contributed by atoms with Crippen molar-refractivity contribution in [3.63, 3.8) is 0 Å². The van der Waals surface area contributed by atoms with Gasteiger partial charge in [-0.05, 0) is 29.7 Å². The maximum absolute atomic E-state index is 12.2. The Kier molecular flexibility index (Phi) is 7.04. The molecule has 8 heteroatoms. The molecule has 1 amide bonds. The number of carbonyl (C=O) groups is 1. The summed E-state index contributed by atoms with van der Waals surface area (Å²) in [6.07, 6.45) is -2.67. The fourth-order valence-corrected chi connectivity index (χ4v) is 2.14. The Morgan fingerprint density at radius 3 is 2.56 bits per heavy atom. The first-order chi connectivity index (χ1) is 12.7. The van der Waals surface area contributed by atoms with Crippen LogP contribution in [0, 0.1) is 5.92 Å². The molecular weight excluding hydrogens is 361 g/mol. The number of aromatic nitrogens is 1. The van der Waals surface area contributed by atoms with Gasteiger partial charge in [0.25, 0.3) is 5.91 Å². The summed E-state index contributed by atoms with van der Waals surface area (Å²) in [4.78, 5) is 16.0. The molecule has 1 aromatic heterocycles. The Bertz CT molecular complexity index is 747. The number of amides is 1. The first-order valence-electron chi connectivity index (χ1n) is 8.44. The lowest BCUT2D eigenvalue weighted by Crippen LogP contribution is -2.28. The summed E-state index contributed by atoms with van der Waals surface area (Å²) >= 11 is 0. The summed E-state index contributed by atoms with van der Waals surface area (Å²) in [6, 6.07) is 8.74. The van der Waals surface area contributed by atoms with Crippen LogP contribution in [0.3, 0.4) is 0 Å². The zero-order valence-corrected chi connectivity index (χ0v) is 15.0. The number of benzene rings is 1. The molecule has 27 heavy (non-hydrogen) atoms. The van der Waals surface area contributed by atoms with Gasteiger partial charge in [-0.25, -0.2) is 0 Å². The van der Waals surface area contributed by atoms with Crippen LogP contribution in [0.2, 0.25) is 0 Å². The van der Waals surface area contributed by atoms with Crippen molar-refractivity contribution in [1.82, 2.24) is 10.3 Å². The van der Waals surface area contributed by atoms with E-state index < -0.39 is 6.36 Å². The predicted molar refractivity (Wildman–Crippen MR) is 93.7 cm³/mol. The monoisotopic (exact) mass is 382 g/mol. The number of alkyl halides is 3. The van der Waals surface area contributed by atoms with E-state index in [9.17, 15) is 18.0 Å². The molecule has 0 aliphatic carbocycles. The van der Waals surface area contributed by atoms with Gasteiger partial charge >= 0.3 is 6.36 Å². The van der Waals surface area contributed by atoms with Crippen molar-refractivity contribution in [2.24, 2.45) is 5.92 Å². The lowest BCUT2D eigenvalue weighted by Gasteiger charge is -2.11. The zero-order valence-electron chi connectivity index (χ0n) is 15.0. The molecule has 0 aliphatic heterocycles. The molecule has 5 nitrogen and oxygen atoms in total. The van der Waals surface area contributed by atoms with Crippen LogP contribution >= 0.6 is 0 Å². The van der Waals surface area contributed by atoms with Gasteiger partial charge in [0.05, 0.1) is 6.61 Å². The van der Waals surface area contributed by atoms with Gasteiger partial charge in [-0.1, -0.05) is 26.0 Å². The highest BCUT2D eigenvalue weighted by Crippen LogP contribution is 2.26. The summed E-state index contributed by atoms with van der Waals surface area (Å²) in [5, 5.41) is 2.79. The predicted octanol–water partition coefficient (Wildman–Crippen LogP) is 3.99. The Morgan fingerprint density at radius 1 is 1.19 bits per heavy atom. The van der Waals surface area contributed by atoms with Crippen LogP contribution in [0.15, 0.2) is 42.6 Å². The van der Waals surface area contributed by atoms with Gasteiger partial charge in [0.15, 0.2) is 0 Å². The molecule has 146 valence electrons. The molecule has 0 saturated heterocycles. The van der Waals surface area contributed by atoms with E-state index in [0.29, 0.717) is 24.6 Å². The second kappa shape index (κ2) is 9.25. The third-order valence-electron chi connectivity index (χ3n) is 3.43. The second-order valence-corrected chi connectivity index (χ2v) is 6.28. The van der Waals surface area contributed by atoms with Crippen LogP contribution in [0.4, 0.5) is 13.2 Å². The SMILES string of the molecule is CC(C)CNC(=O)c1ccc(CCOc2cccc(OC(F)(F)F)c2)cn1. The largest absolute Gasteiger partial charge is 0.573 e. The summed E-state index contributed by atoms with van der Waals surface area (Å²) < 4.78 is 46.0. The van der Waals surface area contributed by atoms with Crippen LogP contribution in [-0.2, 0) is 6.42 Å². The molecule has 0 atom stereocenters. The van der Waals surface area contributed by atoms with Crippen LogP contribution < -0.4 is 14.8 Å². The Hall–Kier alpha value is -2.77. The summed E-state index contributed by atoms with van der Waals surface area (Å²) in [6.45, 7) is 4.83. The van der Waals surface area contributed by atoms with Gasteiger partial charge in [-0.3, -0.25) is 9.78 Å². The van der Waals surface area contributed by atoms with Gasteiger partial charge in [0.2, 0.25) is 0 Å². The maximum Gasteiger partial charge on any atom is 0.573 e. The van der Waals surface area contributed by atoms with Crippen molar-refractivity contribution in [3.05, 3.63) is 53.9 Å². The smallest absolute Gasteiger partial charge is 0.493 e. The van der Waals surface area contributed by atoms with Crippen molar-refractivity contribution < 1.29 is 27.4 Å². The van der Waals surface area contributed by atoms with Crippen molar-refractivity contribution in [2.45, 2.75) is 26.6 Å². The van der Waals surface area contributed by atoms with E-state index >= 15 is 0 Å². The number of hydrogen-bond acceptors (Lipinski definition) is 4. The number of halogens is 3. The minimum atomic E-state index is -4.74. The topological polar surface area (TPSA) is 60.5 Å². The molecule has 0 bridgehead atoms. The van der Waals surface area contributed by atoms with Crippen molar-refractivity contribution in [1.29, 1.82) is 0 Å². The third-order valence-corrected chi connectivity index (χ3v) is 3.43. The molecule has 2 aromatic rings. The van der Waals surface area contributed by atoms with Crippen molar-refractivity contribution in [2.75, 3.05) is 13.2 Å². The third kappa shape index (κ3) is 7.55. The number of hydrogen-bond donors (Lipinski definition) is 1.